The van der Waals surface area contributed by atoms with Crippen LogP contribution >= 0.6 is 0 Å². The zero-order valence-electron chi connectivity index (χ0n) is 15.2. The molecule has 4 rings (SSSR count). The van der Waals surface area contributed by atoms with Gasteiger partial charge in [-0.2, -0.15) is 0 Å². The number of benzene rings is 1. The van der Waals surface area contributed by atoms with Gasteiger partial charge in [0.1, 0.15) is 17.3 Å². The molecule has 1 amide bonds. The number of hydrogen-bond acceptors (Lipinski definition) is 4. The summed E-state index contributed by atoms with van der Waals surface area (Å²) in [4.78, 5) is 16.7. The first-order valence-corrected chi connectivity index (χ1v) is 9.50. The van der Waals surface area contributed by atoms with E-state index in [1.54, 1.807) is 12.1 Å². The SMILES string of the molecule is C[C@@H]1C[C@@H]1c1ccc(CCC(=O)N2CCN(c3ccc(O)cc3)CC2)o1. The molecule has 1 saturated carbocycles. The number of anilines is 1. The van der Waals surface area contributed by atoms with Gasteiger partial charge in [0.15, 0.2) is 0 Å². The standard InChI is InChI=1S/C21H26N2O3/c1-15-14-19(15)20-8-6-18(26-20)7-9-21(25)23-12-10-22(11-13-23)16-2-4-17(24)5-3-16/h2-6,8,15,19,24H,7,9-14H2,1H3/t15-,19+/m1/s1. The summed E-state index contributed by atoms with van der Waals surface area (Å²) in [6.07, 6.45) is 2.40. The summed E-state index contributed by atoms with van der Waals surface area (Å²) < 4.78 is 5.90. The van der Waals surface area contributed by atoms with Crippen molar-refractivity contribution in [2.45, 2.75) is 32.1 Å². The van der Waals surface area contributed by atoms with Gasteiger partial charge in [-0.1, -0.05) is 6.92 Å². The number of furan rings is 1. The smallest absolute Gasteiger partial charge is 0.223 e. The maximum absolute atomic E-state index is 12.5. The lowest BCUT2D eigenvalue weighted by Crippen LogP contribution is -2.48. The van der Waals surface area contributed by atoms with Crippen LogP contribution in [0.3, 0.4) is 0 Å². The Bertz CT molecular complexity index is 760. The van der Waals surface area contributed by atoms with Crippen molar-refractivity contribution < 1.29 is 14.3 Å². The number of phenolic OH excluding ortho intramolecular Hbond substituents is 1. The summed E-state index contributed by atoms with van der Waals surface area (Å²) in [6.45, 7) is 5.36. The maximum atomic E-state index is 12.5. The molecule has 2 aromatic rings. The zero-order chi connectivity index (χ0) is 18.1. The first-order chi connectivity index (χ1) is 12.6. The first-order valence-electron chi connectivity index (χ1n) is 9.50. The fourth-order valence-corrected chi connectivity index (χ4v) is 3.71. The van der Waals surface area contributed by atoms with E-state index in [9.17, 15) is 9.90 Å². The highest BCUT2D eigenvalue weighted by atomic mass is 16.3. The van der Waals surface area contributed by atoms with Crippen LogP contribution in [0.4, 0.5) is 5.69 Å². The second-order valence-corrected chi connectivity index (χ2v) is 7.51. The van der Waals surface area contributed by atoms with Gasteiger partial charge in [-0.3, -0.25) is 4.79 Å². The number of piperazine rings is 1. The second kappa shape index (κ2) is 7.06. The molecule has 5 nitrogen and oxygen atoms in total. The molecule has 1 saturated heterocycles. The molecule has 1 aromatic carbocycles. The average Bonchev–Trinajstić information content (AvgIpc) is 3.20. The van der Waals surface area contributed by atoms with Crippen LogP contribution in [0.5, 0.6) is 5.75 Å². The molecule has 5 heteroatoms. The molecule has 2 aliphatic rings. The third kappa shape index (κ3) is 3.71. The fourth-order valence-electron chi connectivity index (χ4n) is 3.71. The van der Waals surface area contributed by atoms with Crippen molar-refractivity contribution >= 4 is 11.6 Å². The van der Waals surface area contributed by atoms with E-state index in [1.165, 1.54) is 6.42 Å². The molecule has 0 spiro atoms. The zero-order valence-corrected chi connectivity index (χ0v) is 15.2. The van der Waals surface area contributed by atoms with Gasteiger partial charge < -0.3 is 19.3 Å². The van der Waals surface area contributed by atoms with Crippen LogP contribution in [0.15, 0.2) is 40.8 Å². The predicted molar refractivity (Wildman–Crippen MR) is 100 cm³/mol. The van der Waals surface area contributed by atoms with E-state index < -0.39 is 0 Å². The number of phenols is 1. The van der Waals surface area contributed by atoms with Crippen LogP contribution in [0.25, 0.3) is 0 Å². The van der Waals surface area contributed by atoms with Gasteiger partial charge in [0.25, 0.3) is 0 Å². The predicted octanol–water partition coefficient (Wildman–Crippen LogP) is 3.39. The summed E-state index contributed by atoms with van der Waals surface area (Å²) in [5, 5.41) is 9.39. The van der Waals surface area contributed by atoms with E-state index in [2.05, 4.69) is 17.9 Å². The Morgan fingerprint density at radius 3 is 2.46 bits per heavy atom. The summed E-state index contributed by atoms with van der Waals surface area (Å²) >= 11 is 0. The van der Waals surface area contributed by atoms with Crippen molar-refractivity contribution in [1.82, 2.24) is 4.90 Å². The largest absolute Gasteiger partial charge is 0.508 e. The average molecular weight is 354 g/mol. The van der Waals surface area contributed by atoms with E-state index in [-0.39, 0.29) is 11.7 Å². The molecule has 2 atom stereocenters. The normalized spacial score (nSPS) is 22.5. The Kier molecular flexibility index (Phi) is 4.62. The van der Waals surface area contributed by atoms with Gasteiger partial charge in [0, 0.05) is 50.6 Å². The molecule has 26 heavy (non-hydrogen) atoms. The van der Waals surface area contributed by atoms with Gasteiger partial charge in [-0.25, -0.2) is 0 Å². The fraction of sp³-hybridized carbons (Fsp3) is 0.476. The van der Waals surface area contributed by atoms with Gasteiger partial charge >= 0.3 is 0 Å². The number of amides is 1. The van der Waals surface area contributed by atoms with E-state index >= 15 is 0 Å². The van der Waals surface area contributed by atoms with Crippen molar-refractivity contribution in [3.05, 3.63) is 47.9 Å². The van der Waals surface area contributed by atoms with Crippen molar-refractivity contribution in [1.29, 1.82) is 0 Å². The van der Waals surface area contributed by atoms with E-state index in [4.69, 9.17) is 4.42 Å². The van der Waals surface area contributed by atoms with Crippen molar-refractivity contribution in [2.75, 3.05) is 31.1 Å². The summed E-state index contributed by atoms with van der Waals surface area (Å²) in [5.41, 5.74) is 1.09. The summed E-state index contributed by atoms with van der Waals surface area (Å²) in [7, 11) is 0. The number of aromatic hydroxyl groups is 1. The minimum absolute atomic E-state index is 0.202. The quantitative estimate of drug-likeness (QED) is 0.894. The Morgan fingerprint density at radius 1 is 1.12 bits per heavy atom. The number of rotatable bonds is 5. The Morgan fingerprint density at radius 2 is 1.81 bits per heavy atom. The Balaban J connectivity index is 1.24. The number of aryl methyl sites for hydroxylation is 1. The van der Waals surface area contributed by atoms with Crippen LogP contribution in [0, 0.1) is 5.92 Å². The molecular weight excluding hydrogens is 328 g/mol. The van der Waals surface area contributed by atoms with Crippen LogP contribution in [-0.4, -0.2) is 42.1 Å². The summed E-state index contributed by atoms with van der Waals surface area (Å²) in [5.74, 6) is 3.82. The van der Waals surface area contributed by atoms with Crippen LogP contribution in [0.2, 0.25) is 0 Å². The molecule has 1 N–H and O–H groups in total. The van der Waals surface area contributed by atoms with E-state index in [1.807, 2.05) is 23.1 Å². The van der Waals surface area contributed by atoms with Crippen molar-refractivity contribution in [3.8, 4) is 5.75 Å². The molecule has 1 aromatic heterocycles. The van der Waals surface area contributed by atoms with Gasteiger partial charge in [0.05, 0.1) is 0 Å². The molecule has 2 heterocycles. The third-order valence-corrected chi connectivity index (χ3v) is 5.59. The molecule has 0 unspecified atom stereocenters. The van der Waals surface area contributed by atoms with Gasteiger partial charge in [-0.05, 0) is 48.7 Å². The minimum atomic E-state index is 0.202. The first kappa shape index (κ1) is 17.0. The van der Waals surface area contributed by atoms with Crippen molar-refractivity contribution in [2.24, 2.45) is 5.92 Å². The molecule has 2 fully saturated rings. The number of hydrogen-bond donors (Lipinski definition) is 1. The Hall–Kier alpha value is -2.43. The number of nitrogens with zero attached hydrogens (tertiary/aromatic N) is 2. The van der Waals surface area contributed by atoms with Gasteiger partial charge in [-0.15, -0.1) is 0 Å². The number of carbonyl (C=O) groups excluding carboxylic acids is 1. The highest BCUT2D eigenvalue weighted by molar-refractivity contribution is 5.76. The third-order valence-electron chi connectivity index (χ3n) is 5.59. The van der Waals surface area contributed by atoms with E-state index in [0.29, 0.717) is 18.8 Å². The number of carbonyl (C=O) groups is 1. The molecular formula is C21H26N2O3. The lowest BCUT2D eigenvalue weighted by atomic mass is 10.2. The highest BCUT2D eigenvalue weighted by Crippen LogP contribution is 2.47. The summed E-state index contributed by atoms with van der Waals surface area (Å²) in [6, 6.07) is 11.3. The highest BCUT2D eigenvalue weighted by Gasteiger charge is 2.36. The molecule has 1 aliphatic carbocycles. The Labute approximate surface area is 154 Å². The lowest BCUT2D eigenvalue weighted by molar-refractivity contribution is -0.131. The van der Waals surface area contributed by atoms with Crippen LogP contribution < -0.4 is 4.90 Å². The van der Waals surface area contributed by atoms with E-state index in [0.717, 1.165) is 49.3 Å². The second-order valence-electron chi connectivity index (χ2n) is 7.51. The molecule has 1 aliphatic heterocycles. The molecule has 138 valence electrons. The van der Waals surface area contributed by atoms with Gasteiger partial charge in [0.2, 0.25) is 5.91 Å². The maximum Gasteiger partial charge on any atom is 0.223 e. The topological polar surface area (TPSA) is 56.9 Å². The van der Waals surface area contributed by atoms with Crippen LogP contribution in [0.1, 0.15) is 37.2 Å². The molecule has 0 bridgehead atoms. The molecule has 0 radical (unpaired) electrons. The van der Waals surface area contributed by atoms with Crippen molar-refractivity contribution in [3.63, 3.8) is 0 Å². The lowest BCUT2D eigenvalue weighted by Gasteiger charge is -2.36. The van der Waals surface area contributed by atoms with Crippen LogP contribution in [-0.2, 0) is 11.2 Å². The minimum Gasteiger partial charge on any atom is -0.508 e. The monoisotopic (exact) mass is 354 g/mol.